The summed E-state index contributed by atoms with van der Waals surface area (Å²) in [6.07, 6.45) is -8.68. The summed E-state index contributed by atoms with van der Waals surface area (Å²) in [5, 5.41) is 90.4. The molecule has 1 aliphatic rings. The van der Waals surface area contributed by atoms with Crippen LogP contribution in [-0.2, 0) is 4.74 Å². The summed E-state index contributed by atoms with van der Waals surface area (Å²) in [6.45, 7) is -0.781. The predicted octanol–water partition coefficient (Wildman–Crippen LogP) is -1.47. The molecule has 0 amide bonds. The van der Waals surface area contributed by atoms with Crippen LogP contribution in [0.2, 0.25) is 0 Å². The fourth-order valence-corrected chi connectivity index (χ4v) is 3.58. The van der Waals surface area contributed by atoms with Gasteiger partial charge in [0.2, 0.25) is 17.5 Å². The molecule has 2 heterocycles. The van der Waals surface area contributed by atoms with Crippen LogP contribution < -0.4 is 15.3 Å². The van der Waals surface area contributed by atoms with Crippen LogP contribution in [0.4, 0.5) is 0 Å². The fraction of sp³-hybridized carbons (Fsp3) is 0.286. The zero-order valence-corrected chi connectivity index (χ0v) is 17.0. The molecule has 1 aliphatic heterocycles. The van der Waals surface area contributed by atoms with Gasteiger partial charge in [-0.3, -0.25) is 4.79 Å². The van der Waals surface area contributed by atoms with Crippen molar-refractivity contribution in [3.63, 3.8) is 0 Å². The highest BCUT2D eigenvalue weighted by Crippen LogP contribution is 2.42. The van der Waals surface area contributed by atoms with Gasteiger partial charge in [-0.05, 0) is 17.9 Å². The van der Waals surface area contributed by atoms with Crippen LogP contribution >= 0.6 is 0 Å². The van der Waals surface area contributed by atoms with E-state index in [-0.39, 0.29) is 11.1 Å². The van der Waals surface area contributed by atoms with Crippen LogP contribution in [0.5, 0.6) is 34.5 Å². The Kier molecular flexibility index (Phi) is 5.89. The number of aliphatic hydroxyl groups is 4. The van der Waals surface area contributed by atoms with Crippen molar-refractivity contribution in [1.82, 2.24) is 0 Å². The van der Waals surface area contributed by atoms with E-state index >= 15 is 0 Å². The van der Waals surface area contributed by atoms with Crippen molar-refractivity contribution in [2.24, 2.45) is 0 Å². The molecule has 1 aromatic heterocycles. The first kappa shape index (κ1) is 23.4. The monoisotopic (exact) mass is 479 g/mol. The van der Waals surface area contributed by atoms with E-state index in [0.717, 1.165) is 24.3 Å². The number of rotatable bonds is 4. The third-order valence-electron chi connectivity index (χ3n) is 5.31. The topological polar surface area (TPSA) is 234 Å². The molecule has 182 valence electrons. The van der Waals surface area contributed by atoms with E-state index < -0.39 is 88.4 Å². The number of ether oxygens (including phenoxy) is 2. The maximum absolute atomic E-state index is 13.3. The number of phenolic OH excluding ortho intramolecular Hbond substituents is 4. The number of benzene rings is 2. The van der Waals surface area contributed by atoms with Crippen LogP contribution in [0, 0.1) is 0 Å². The molecule has 0 spiro atoms. The summed E-state index contributed by atoms with van der Waals surface area (Å²) in [5.74, 6) is -5.37. The molecule has 0 radical (unpaired) electrons. The molecule has 0 bridgehead atoms. The molecule has 13 heteroatoms. The van der Waals surface area contributed by atoms with Gasteiger partial charge < -0.3 is 59.8 Å². The van der Waals surface area contributed by atoms with Gasteiger partial charge in [-0.25, -0.2) is 0 Å². The Bertz CT molecular complexity index is 1280. The molecule has 8 N–H and O–H groups in total. The second kappa shape index (κ2) is 8.55. The van der Waals surface area contributed by atoms with E-state index in [0.29, 0.717) is 0 Å². The molecule has 34 heavy (non-hydrogen) atoms. The molecule has 0 aliphatic carbocycles. The van der Waals surface area contributed by atoms with Crippen LogP contribution in [0.3, 0.4) is 0 Å². The third-order valence-corrected chi connectivity index (χ3v) is 5.31. The maximum atomic E-state index is 13.3. The summed E-state index contributed by atoms with van der Waals surface area (Å²) >= 11 is 0. The van der Waals surface area contributed by atoms with Gasteiger partial charge in [0.15, 0.2) is 5.76 Å². The van der Waals surface area contributed by atoms with Crippen molar-refractivity contribution >= 4 is 11.0 Å². The fourth-order valence-electron chi connectivity index (χ4n) is 3.58. The maximum Gasteiger partial charge on any atom is 0.239 e. The van der Waals surface area contributed by atoms with Gasteiger partial charge in [0.25, 0.3) is 0 Å². The highest BCUT2D eigenvalue weighted by molar-refractivity contribution is 5.88. The summed E-state index contributed by atoms with van der Waals surface area (Å²) < 4.78 is 16.3. The Morgan fingerprint density at radius 3 is 2.18 bits per heavy atom. The summed E-state index contributed by atoms with van der Waals surface area (Å²) in [4.78, 5) is 13.3. The molecular formula is C21H19O13-. The van der Waals surface area contributed by atoms with E-state index in [9.17, 15) is 50.8 Å². The Morgan fingerprint density at radius 2 is 1.56 bits per heavy atom. The van der Waals surface area contributed by atoms with Gasteiger partial charge in [0.05, 0.1) is 6.61 Å². The van der Waals surface area contributed by atoms with Gasteiger partial charge in [0.1, 0.15) is 58.4 Å². The van der Waals surface area contributed by atoms with E-state index in [4.69, 9.17) is 13.9 Å². The molecule has 13 nitrogen and oxygen atoms in total. The second-order valence-electron chi connectivity index (χ2n) is 7.59. The minimum atomic E-state index is -1.92. The molecule has 3 aromatic rings. The van der Waals surface area contributed by atoms with E-state index in [1.165, 1.54) is 0 Å². The predicted molar refractivity (Wildman–Crippen MR) is 108 cm³/mol. The SMILES string of the molecule is O=c1c(O[C@@H]2O[C@H](CO)[C@@H](O)[C@H](O)[C@H]2O)c(-c2cc(O)c([O-])c(O)c2)oc2cc(O)cc(O)c12. The lowest BCUT2D eigenvalue weighted by molar-refractivity contribution is -0.277. The second-order valence-corrected chi connectivity index (χ2v) is 7.59. The first-order valence-corrected chi connectivity index (χ1v) is 9.76. The minimum Gasteiger partial charge on any atom is -0.867 e. The Balaban J connectivity index is 1.94. The molecular weight excluding hydrogens is 460 g/mol. The van der Waals surface area contributed by atoms with E-state index in [2.05, 4.69) is 0 Å². The Morgan fingerprint density at radius 1 is 0.912 bits per heavy atom. The minimum absolute atomic E-state index is 0.254. The zero-order valence-electron chi connectivity index (χ0n) is 17.0. The van der Waals surface area contributed by atoms with Gasteiger partial charge in [0, 0.05) is 17.7 Å². The Hall–Kier alpha value is -3.75. The number of aliphatic hydroxyl groups excluding tert-OH is 4. The standard InChI is InChI=1S/C21H20O13/c22-5-12-15(28)17(30)18(31)21(33-12)34-20-16(29)13-8(24)3-7(23)4-11(13)32-19(20)6-1-9(25)14(27)10(26)2-6/h1-4,12,15,17-18,21-28,30-31H,5H2/p-1/t12-,15-,17+,18-,21+/m1/s1. The van der Waals surface area contributed by atoms with Crippen LogP contribution in [0.1, 0.15) is 0 Å². The van der Waals surface area contributed by atoms with Crippen LogP contribution in [0.15, 0.2) is 33.5 Å². The molecule has 0 saturated carbocycles. The molecule has 1 fully saturated rings. The number of phenols is 4. The number of aromatic hydroxyl groups is 4. The van der Waals surface area contributed by atoms with Gasteiger partial charge in [-0.2, -0.15) is 0 Å². The average Bonchev–Trinajstić information content (AvgIpc) is 2.78. The third kappa shape index (κ3) is 3.81. The van der Waals surface area contributed by atoms with Crippen molar-refractivity contribution < 1.29 is 59.8 Å². The lowest BCUT2D eigenvalue weighted by Crippen LogP contribution is -2.60. The molecule has 2 aromatic carbocycles. The molecule has 1 saturated heterocycles. The lowest BCUT2D eigenvalue weighted by atomic mass is 9.99. The van der Waals surface area contributed by atoms with Crippen LogP contribution in [-0.4, -0.2) is 78.2 Å². The van der Waals surface area contributed by atoms with Crippen LogP contribution in [0.25, 0.3) is 22.3 Å². The highest BCUT2D eigenvalue weighted by atomic mass is 16.7. The van der Waals surface area contributed by atoms with Crippen molar-refractivity contribution in [3.8, 4) is 45.8 Å². The van der Waals surface area contributed by atoms with E-state index in [1.807, 2.05) is 0 Å². The van der Waals surface area contributed by atoms with E-state index in [1.54, 1.807) is 0 Å². The zero-order chi connectivity index (χ0) is 24.9. The number of hydrogen-bond acceptors (Lipinski definition) is 13. The first-order valence-electron chi connectivity index (χ1n) is 9.76. The van der Waals surface area contributed by atoms with Gasteiger partial charge in [-0.15, -0.1) is 0 Å². The quantitative estimate of drug-likeness (QED) is 0.214. The first-order chi connectivity index (χ1) is 16.0. The largest absolute Gasteiger partial charge is 0.867 e. The molecule has 5 atom stereocenters. The van der Waals surface area contributed by atoms with Gasteiger partial charge in [-0.1, -0.05) is 0 Å². The number of fused-ring (bicyclic) bond motifs is 1. The molecule has 4 rings (SSSR count). The molecule has 0 unspecified atom stereocenters. The summed E-state index contributed by atoms with van der Waals surface area (Å²) in [5.41, 5.74) is -1.66. The van der Waals surface area contributed by atoms with Crippen molar-refractivity contribution in [1.29, 1.82) is 0 Å². The lowest BCUT2D eigenvalue weighted by Gasteiger charge is -2.39. The summed E-state index contributed by atoms with van der Waals surface area (Å²) in [6, 6.07) is 3.52. The normalized spacial score (nSPS) is 24.9. The van der Waals surface area contributed by atoms with Crippen molar-refractivity contribution in [2.45, 2.75) is 30.7 Å². The number of hydrogen-bond donors (Lipinski definition) is 8. The van der Waals surface area contributed by atoms with Crippen molar-refractivity contribution in [2.75, 3.05) is 6.61 Å². The Labute approximate surface area is 189 Å². The smallest absolute Gasteiger partial charge is 0.239 e. The summed E-state index contributed by atoms with van der Waals surface area (Å²) in [7, 11) is 0. The van der Waals surface area contributed by atoms with Crippen molar-refractivity contribution in [3.05, 3.63) is 34.5 Å². The highest BCUT2D eigenvalue weighted by Gasteiger charge is 2.45. The van der Waals surface area contributed by atoms with Gasteiger partial charge >= 0.3 is 0 Å². The average molecular weight is 479 g/mol.